The molecule has 132 heavy (non-hydrogen) atoms. The topological polar surface area (TPSA) is 227 Å². The third kappa shape index (κ3) is 14.1. The van der Waals surface area contributed by atoms with Crippen LogP contribution in [0.3, 0.4) is 0 Å². The molecule has 23 nitrogen and oxygen atoms in total. The van der Waals surface area contributed by atoms with Crippen LogP contribution in [0.25, 0.3) is 45.4 Å². The minimum atomic E-state index is -0.892. The Labute approximate surface area is 746 Å². The zero-order valence-corrected chi connectivity index (χ0v) is 69.6. The number of rotatable bonds is 8. The lowest BCUT2D eigenvalue weighted by atomic mass is 10.1. The van der Waals surface area contributed by atoms with Gasteiger partial charge in [0.05, 0.1) is 59.6 Å². The number of pyridine rings is 1. The molecule has 4 saturated carbocycles. The van der Waals surface area contributed by atoms with Gasteiger partial charge in [-0.2, -0.15) is 5.10 Å². The fraction of sp³-hybridized carbons (Fsp3) is 0.139. The first kappa shape index (κ1) is 81.8. The third-order valence-electron chi connectivity index (χ3n) is 24.0. The smallest absolute Gasteiger partial charge is 0.260 e. The monoisotopic (exact) mass is 1760 g/mol. The maximum absolute atomic E-state index is 15.2. The van der Waals surface area contributed by atoms with Gasteiger partial charge < -0.3 is 4.57 Å². The Bertz CT molecular complexity index is 7180. The van der Waals surface area contributed by atoms with Crippen molar-refractivity contribution in [3.8, 4) is 92.8 Å². The van der Waals surface area contributed by atoms with Crippen molar-refractivity contribution in [2.24, 2.45) is 14.1 Å². The molecule has 4 spiro atoms. The van der Waals surface area contributed by atoms with E-state index in [1.807, 2.05) is 133 Å². The molecule has 8 aliphatic rings. The van der Waals surface area contributed by atoms with Crippen molar-refractivity contribution < 1.29 is 54.3 Å². The van der Waals surface area contributed by atoms with Crippen LogP contribution in [0.2, 0.25) is 0 Å². The molecule has 0 unspecified atom stereocenters. The van der Waals surface area contributed by atoms with E-state index >= 15 is 35.1 Å². The second-order valence-electron chi connectivity index (χ2n) is 32.6. The first-order chi connectivity index (χ1) is 64.1. The average molecular weight is 1760 g/mol. The first-order valence-electron chi connectivity index (χ1n) is 41.7. The van der Waals surface area contributed by atoms with E-state index in [9.17, 15) is 19.2 Å². The normalized spacial score (nSPS) is 15.4. The third-order valence-corrected chi connectivity index (χ3v) is 24.0. The maximum Gasteiger partial charge on any atom is 0.260 e. The summed E-state index contributed by atoms with van der Waals surface area (Å²) in [6.07, 6.45) is 22.4. The van der Waals surface area contributed by atoms with Crippen LogP contribution in [0.4, 0.5) is 81.7 Å². The molecule has 0 bridgehead atoms. The van der Waals surface area contributed by atoms with Gasteiger partial charge in [-0.05, 0) is 166 Å². The van der Waals surface area contributed by atoms with Gasteiger partial charge in [0.2, 0.25) is 23.8 Å². The lowest BCUT2D eigenvalue weighted by Gasteiger charge is -2.17. The number of aromatic nitrogens is 15. The summed E-state index contributed by atoms with van der Waals surface area (Å²) < 4.78 is 132. The van der Waals surface area contributed by atoms with Crippen molar-refractivity contribution in [1.82, 2.24) is 72.5 Å². The first-order valence-corrected chi connectivity index (χ1v) is 41.7. The molecule has 12 heterocycles. The molecule has 4 aliphatic carbocycles. The second kappa shape index (κ2) is 32.0. The fourth-order valence-corrected chi connectivity index (χ4v) is 17.2. The Balaban J connectivity index is 0.000000106. The summed E-state index contributed by atoms with van der Waals surface area (Å²) in [5.41, 5.74) is 3.70. The molecule has 8 aromatic heterocycles. The second-order valence-corrected chi connectivity index (χ2v) is 32.6. The van der Waals surface area contributed by atoms with Gasteiger partial charge in [0.15, 0.2) is 46.5 Å². The van der Waals surface area contributed by atoms with Crippen molar-refractivity contribution in [1.29, 1.82) is 0 Å². The molecule has 4 fully saturated rings. The van der Waals surface area contributed by atoms with E-state index in [1.54, 1.807) is 116 Å². The SMILES string of the molecule is Cn1ccc(-c2cnc3n2C2(CC2)C(=O)N3c2c(F)cc(C#Cc3ccccc3)cc2F)n1.Cn1cnc(-c2cnc3n2C2(CC2)C(=O)N3c2c(F)cc(C#Cc3cccnc3)cc2F)c1.O=C1N(c2c(F)cc(C#Cc3ccccc3)cc2F)c2ncc(-c3ccccc3)n2C12CC2.O=C1N(c2c(F)cc(C#Cc3ccccc3)cc2F)c2ncc(-c3ccncn3)n2C12CC2. The zero-order valence-electron chi connectivity index (χ0n) is 69.6. The van der Waals surface area contributed by atoms with Gasteiger partial charge in [-0.15, -0.1) is 0 Å². The molecular formula is C101H65F8N19O4. The maximum atomic E-state index is 15.2. The van der Waals surface area contributed by atoms with E-state index in [1.165, 1.54) is 6.33 Å². The van der Waals surface area contributed by atoms with Crippen LogP contribution in [-0.4, -0.2) is 96.1 Å². The van der Waals surface area contributed by atoms with Crippen molar-refractivity contribution in [2.75, 3.05) is 19.6 Å². The number of anilines is 8. The largest absolute Gasteiger partial charge is 0.340 e. The highest BCUT2D eigenvalue weighted by Gasteiger charge is 2.66. The minimum absolute atomic E-state index is 0.155. The number of fused-ring (bicyclic) bond motifs is 8. The van der Waals surface area contributed by atoms with Crippen LogP contribution in [0.1, 0.15) is 95.9 Å². The Morgan fingerprint density at radius 2 is 0.621 bits per heavy atom. The molecule has 0 saturated heterocycles. The lowest BCUT2D eigenvalue weighted by Crippen LogP contribution is -2.31. The lowest BCUT2D eigenvalue weighted by molar-refractivity contribution is -0.121. The number of halogens is 8. The molecule has 4 amide bonds. The van der Waals surface area contributed by atoms with Gasteiger partial charge in [-0.3, -0.25) is 47.1 Å². The Hall–Kier alpha value is -17.2. The van der Waals surface area contributed by atoms with Gasteiger partial charge in [0, 0.05) is 89.6 Å². The van der Waals surface area contributed by atoms with Crippen LogP contribution in [0.15, 0.2) is 263 Å². The van der Waals surface area contributed by atoms with E-state index in [0.717, 1.165) is 96.1 Å². The standard InChI is InChI=1S/C27H17F2N3O.C25H17F2N5O.C25H15F2N5O.C24H16F2N6O/c28-21-15-19(12-11-18-7-3-1-4-8-18)16-22(29)24(21)31-25(33)27(13-14-27)32-23(17-30-26(31)32)20-9-5-2-6-10-20;1-30-12-9-20(29-30)21-15-28-24-31(23(33)25(10-11-25)32(21)24)22-18(26)13-17(14-19(22)27)8-7-16-5-3-2-4-6-16;26-18-12-17(7-6-16-4-2-1-3-5-16)13-19(27)22(18)31-23(33)25(9-10-25)32-21(14-29-24(31)32)20-8-11-28-15-30-20;1-30-13-19(29-14-30)20-12-28-23-31(22(33)24(6-7-24)32(20)23)21-17(25)9-16(10-18(21)26)5-4-15-3-2-8-27-11-15/h1-10,15-17H,13-14H2;2-6,9,12-15H,10-11H2,1H3;1-5,8,11-15H,9-10H2;2-3,8-14H,6-7H2,1H3. The molecule has 4 aliphatic heterocycles. The number of aryl methyl sites for hydroxylation is 2. The summed E-state index contributed by atoms with van der Waals surface area (Å²) in [4.78, 5) is 91.7. The predicted octanol–water partition coefficient (Wildman–Crippen LogP) is 17.2. The molecule has 644 valence electrons. The predicted molar refractivity (Wildman–Crippen MR) is 470 cm³/mol. The number of benzene rings is 8. The molecule has 0 radical (unpaired) electrons. The highest BCUT2D eigenvalue weighted by Crippen LogP contribution is 2.61. The van der Waals surface area contributed by atoms with Crippen molar-refractivity contribution >= 4 is 70.2 Å². The van der Waals surface area contributed by atoms with Gasteiger partial charge in [0.25, 0.3) is 23.6 Å². The molecule has 0 N–H and O–H groups in total. The molecular weight excluding hydrogens is 1700 g/mol. The number of amides is 4. The Kier molecular flexibility index (Phi) is 19.8. The molecule has 8 aromatic carbocycles. The summed E-state index contributed by atoms with van der Waals surface area (Å²) in [6, 6.07) is 53.1. The Morgan fingerprint density at radius 1 is 0.303 bits per heavy atom. The van der Waals surface area contributed by atoms with Gasteiger partial charge in [-0.1, -0.05) is 132 Å². The van der Waals surface area contributed by atoms with Crippen molar-refractivity contribution in [3.05, 3.63) is 354 Å². The molecule has 31 heteroatoms. The van der Waals surface area contributed by atoms with Crippen molar-refractivity contribution in [3.63, 3.8) is 0 Å². The van der Waals surface area contributed by atoms with Crippen LogP contribution >= 0.6 is 0 Å². The summed E-state index contributed by atoms with van der Waals surface area (Å²) in [5.74, 6) is 14.9. The quantitative estimate of drug-likeness (QED) is 0.102. The van der Waals surface area contributed by atoms with Gasteiger partial charge >= 0.3 is 0 Å². The van der Waals surface area contributed by atoms with E-state index < -0.39 is 103 Å². The highest BCUT2D eigenvalue weighted by atomic mass is 19.2. The van der Waals surface area contributed by atoms with Crippen LogP contribution in [0, 0.1) is 93.9 Å². The van der Waals surface area contributed by atoms with E-state index in [0.29, 0.717) is 91.1 Å². The average Bonchev–Trinajstić information content (AvgIpc) is 1.54. The number of carbonyl (C=O) groups excluding carboxylic acids is 4. The van der Waals surface area contributed by atoms with Crippen LogP contribution in [-0.2, 0) is 55.4 Å². The number of nitrogens with zero attached hydrogens (tertiary/aromatic N) is 19. The summed E-state index contributed by atoms with van der Waals surface area (Å²) >= 11 is 0. The summed E-state index contributed by atoms with van der Waals surface area (Å²) in [5, 5.41) is 4.40. The summed E-state index contributed by atoms with van der Waals surface area (Å²) in [6.45, 7) is 0. The molecule has 24 rings (SSSR count). The van der Waals surface area contributed by atoms with E-state index in [-0.39, 0.29) is 57.9 Å². The van der Waals surface area contributed by atoms with E-state index in [4.69, 9.17) is 0 Å². The molecule has 16 aromatic rings. The minimum Gasteiger partial charge on any atom is -0.340 e. The fourth-order valence-electron chi connectivity index (χ4n) is 17.2. The van der Waals surface area contributed by atoms with Crippen molar-refractivity contribution in [2.45, 2.75) is 73.5 Å². The zero-order chi connectivity index (χ0) is 90.6. The van der Waals surface area contributed by atoms with Crippen LogP contribution in [0.5, 0.6) is 0 Å². The van der Waals surface area contributed by atoms with Gasteiger partial charge in [0.1, 0.15) is 62.6 Å². The highest BCUT2D eigenvalue weighted by molar-refractivity contribution is 6.13. The van der Waals surface area contributed by atoms with Gasteiger partial charge in [-0.25, -0.2) is 89.6 Å². The van der Waals surface area contributed by atoms with E-state index in [2.05, 4.69) is 92.3 Å². The number of imidazole rings is 5. The Morgan fingerprint density at radius 3 is 0.932 bits per heavy atom. The number of hydrogen-bond donors (Lipinski definition) is 0. The number of hydrogen-bond acceptors (Lipinski definition) is 13. The van der Waals surface area contributed by atoms with Crippen LogP contribution < -0.4 is 19.6 Å². The summed E-state index contributed by atoms with van der Waals surface area (Å²) in [7, 11) is 3.63. The molecule has 0 atom stereocenters. The number of carbonyl (C=O) groups is 4.